The van der Waals surface area contributed by atoms with Crippen LogP contribution in [0.4, 0.5) is 29.7 Å². The second-order valence-electron chi connectivity index (χ2n) is 34.1. The lowest BCUT2D eigenvalue weighted by atomic mass is 10.00. The maximum Gasteiger partial charge on any atom is 0.410 e. The first-order chi connectivity index (χ1) is 59.3. The number of carbonyl (C=O) groups excluding carboxylic acids is 4. The Bertz CT molecular complexity index is 5230. The van der Waals surface area contributed by atoms with Crippen molar-refractivity contribution in [3.05, 3.63) is 225 Å². The smallest absolute Gasteiger partial charge is 0.410 e. The molecule has 0 unspecified atom stereocenters. The predicted molar refractivity (Wildman–Crippen MR) is 483 cm³/mol. The van der Waals surface area contributed by atoms with Gasteiger partial charge in [0.05, 0.1) is 34.5 Å². The molecular formula is C96H123ClF2N16O8. The zero-order valence-electron chi connectivity index (χ0n) is 73.6. The van der Waals surface area contributed by atoms with Crippen LogP contribution in [0.15, 0.2) is 146 Å². The van der Waals surface area contributed by atoms with Crippen molar-refractivity contribution >= 4 is 69.0 Å². The normalized spacial score (nSPS) is 15.2. The minimum Gasteiger partial charge on any atom is -0.444 e. The van der Waals surface area contributed by atoms with Gasteiger partial charge in [-0.2, -0.15) is 10.2 Å². The molecule has 0 aliphatic carbocycles. The summed E-state index contributed by atoms with van der Waals surface area (Å²) in [4.78, 5) is 71.3. The van der Waals surface area contributed by atoms with Gasteiger partial charge in [-0.1, -0.05) is 86.6 Å². The number of amides is 4. The number of nitrogens with zero attached hydrogens (tertiary/aromatic N) is 11. The van der Waals surface area contributed by atoms with Gasteiger partial charge in [-0.05, 0) is 213 Å². The zero-order chi connectivity index (χ0) is 87.3. The summed E-state index contributed by atoms with van der Waals surface area (Å²) < 4.78 is 56.3. The molecule has 0 radical (unpaired) electrons. The quantitative estimate of drug-likeness (QED) is 0.0301. The molecule has 4 aromatic heterocycles. The lowest BCUT2D eigenvalue weighted by molar-refractivity contribution is 0.0129. The Hall–Kier alpha value is -10.4. The number of piperazine rings is 2. The van der Waals surface area contributed by atoms with E-state index in [1.54, 1.807) is 46.2 Å². The third kappa shape index (κ3) is 25.2. The SMILES string of the molecule is CC(C)(C)OC(=O)N1CCN(Cc2cccc(-c3cc(CNC(=O)c4cccc(CCl)c4)ccc3F)c2)CC1.CCc1nc2c(cnn2CC)c(NC2CCOCC2)c1CN(C)Cc1cccc(C(=O)NCc2ccc(F)c(-c3cccc(CN4CCN(C(=O)OC(C)(C)C)CC4)c3)c2)c1.CCc1nc2c(cnn2CC)c(NC2CCOCC2)c1CNC. The number of alkyl halides is 1. The number of fused-ring (bicyclic) bond motifs is 2. The molecule has 4 saturated heterocycles. The molecule has 4 amide bonds. The van der Waals surface area contributed by atoms with Crippen LogP contribution >= 0.6 is 11.6 Å². The summed E-state index contributed by atoms with van der Waals surface area (Å²) in [6, 6.07) is 41.4. The standard InChI is InChI=1S/C48H61FN8O4.C31H35ClFN3O3.C17H27N5O/c1-7-43-41(44(52-38-17-23-60-24-18-38)40-29-51-57(8-2)45(40)53-43)32-54(6)30-34-11-10-14-37(26-34)46(58)50-28-33-15-16-42(49)39(27-33)36-13-9-12-35(25-36)31-55-19-21-56(22-20-55)47(59)61-48(3,4)5;1-31(2,3)39-30(38)36-14-12-35(13-15-36)21-24-7-5-8-25(17-24)27-18-23(10-11-28(27)33)20-34-29(37)26-9-4-6-22(16-26)19-32;1-4-15-13(10-18-3)16(20-12-6-8-23-9-7-12)14-11-19-22(5-2)17(14)21-15/h9-16,25-27,29,38H,7-8,17-24,28,30-32H2,1-6H3,(H,50,58)(H,52,53);4-11,16-18H,12-15,19-21H2,1-3H3,(H,34,37);11-12,18H,4-10H2,1-3H3,(H,20,21). The van der Waals surface area contributed by atoms with E-state index >= 15 is 4.39 Å². The van der Waals surface area contributed by atoms with E-state index in [1.165, 1.54) is 28.9 Å². The molecule has 6 aromatic carbocycles. The van der Waals surface area contributed by atoms with Crippen LogP contribution in [0.25, 0.3) is 44.3 Å². The Morgan fingerprint density at radius 2 is 0.919 bits per heavy atom. The lowest BCUT2D eigenvalue weighted by Crippen LogP contribution is -2.49. The summed E-state index contributed by atoms with van der Waals surface area (Å²) in [5, 5.41) is 28.2. The topological polar surface area (TPSA) is 243 Å². The van der Waals surface area contributed by atoms with Gasteiger partial charge in [-0.3, -0.25) is 24.3 Å². The first-order valence-electron chi connectivity index (χ1n) is 43.5. The number of aryl methyl sites for hydroxylation is 4. The van der Waals surface area contributed by atoms with Crippen molar-refractivity contribution in [3.63, 3.8) is 0 Å². The molecule has 123 heavy (non-hydrogen) atoms. The highest BCUT2D eigenvalue weighted by Gasteiger charge is 2.30. The third-order valence-electron chi connectivity index (χ3n) is 22.4. The summed E-state index contributed by atoms with van der Waals surface area (Å²) in [5.74, 6) is -0.698. The van der Waals surface area contributed by atoms with Gasteiger partial charge in [0.1, 0.15) is 22.8 Å². The molecule has 8 heterocycles. The Morgan fingerprint density at radius 1 is 0.504 bits per heavy atom. The van der Waals surface area contributed by atoms with E-state index in [4.69, 9.17) is 40.5 Å². The Balaban J connectivity index is 0.000000189. The molecule has 27 heteroatoms. The number of halogens is 3. The number of benzene rings is 6. The molecule has 0 saturated carbocycles. The average molecular weight is 1700 g/mol. The monoisotopic (exact) mass is 1700 g/mol. The Kier molecular flexibility index (Phi) is 32.3. The third-order valence-corrected chi connectivity index (χ3v) is 22.7. The summed E-state index contributed by atoms with van der Waals surface area (Å²) in [6.45, 7) is 33.9. The number of carbonyl (C=O) groups is 4. The minimum atomic E-state index is -0.527. The zero-order valence-corrected chi connectivity index (χ0v) is 74.4. The second kappa shape index (κ2) is 43.2. The predicted octanol–water partition coefficient (Wildman–Crippen LogP) is 16.6. The van der Waals surface area contributed by atoms with Gasteiger partial charge in [0.25, 0.3) is 11.8 Å². The molecule has 24 nitrogen and oxygen atoms in total. The van der Waals surface area contributed by atoms with Crippen molar-refractivity contribution in [1.29, 1.82) is 0 Å². The van der Waals surface area contributed by atoms with E-state index in [-0.39, 0.29) is 48.7 Å². The molecule has 10 aromatic rings. The van der Waals surface area contributed by atoms with Crippen molar-refractivity contribution in [3.8, 4) is 22.3 Å². The number of nitrogens with one attached hydrogen (secondary N) is 5. The molecule has 4 fully saturated rings. The highest BCUT2D eigenvalue weighted by atomic mass is 35.5. The molecular weight excluding hydrogens is 1580 g/mol. The molecule has 0 spiro atoms. The molecule has 5 N–H and O–H groups in total. The van der Waals surface area contributed by atoms with Crippen molar-refractivity contribution in [2.24, 2.45) is 0 Å². The van der Waals surface area contributed by atoms with Gasteiger partial charge < -0.3 is 55.3 Å². The maximum atomic E-state index is 15.3. The summed E-state index contributed by atoms with van der Waals surface area (Å²) >= 11 is 5.88. The van der Waals surface area contributed by atoms with Crippen molar-refractivity contribution in [2.45, 2.75) is 196 Å². The Labute approximate surface area is 728 Å². The van der Waals surface area contributed by atoms with E-state index < -0.39 is 11.2 Å². The molecule has 4 aliphatic rings. The van der Waals surface area contributed by atoms with Gasteiger partial charge in [-0.15, -0.1) is 11.6 Å². The fourth-order valence-corrected chi connectivity index (χ4v) is 16.2. The average Bonchev–Trinajstić information content (AvgIpc) is 1.66. The second-order valence-corrected chi connectivity index (χ2v) is 34.4. The Morgan fingerprint density at radius 3 is 1.34 bits per heavy atom. The molecule has 4 aliphatic heterocycles. The molecule has 0 atom stereocenters. The number of hydrogen-bond donors (Lipinski definition) is 5. The van der Waals surface area contributed by atoms with Crippen LogP contribution < -0.4 is 26.6 Å². The summed E-state index contributed by atoms with van der Waals surface area (Å²) in [6.07, 6.45) is 9.04. The van der Waals surface area contributed by atoms with Crippen LogP contribution in [0.1, 0.15) is 172 Å². The van der Waals surface area contributed by atoms with Crippen LogP contribution in [-0.4, -0.2) is 194 Å². The highest BCUT2D eigenvalue weighted by Crippen LogP contribution is 2.36. The summed E-state index contributed by atoms with van der Waals surface area (Å²) in [5.41, 5.74) is 17.1. The molecule has 14 rings (SSSR count). The summed E-state index contributed by atoms with van der Waals surface area (Å²) in [7, 11) is 4.08. The van der Waals surface area contributed by atoms with Gasteiger partial charge in [0, 0.05) is 200 Å². The first kappa shape index (κ1) is 91.7. The van der Waals surface area contributed by atoms with Crippen molar-refractivity contribution in [1.82, 2.24) is 70.0 Å². The van der Waals surface area contributed by atoms with Crippen molar-refractivity contribution in [2.75, 3.05) is 104 Å². The van der Waals surface area contributed by atoms with Crippen LogP contribution in [-0.2, 0) is 96.6 Å². The van der Waals surface area contributed by atoms with Gasteiger partial charge in [-0.25, -0.2) is 37.7 Å². The van der Waals surface area contributed by atoms with Crippen LogP contribution in [0.2, 0.25) is 0 Å². The van der Waals surface area contributed by atoms with Crippen molar-refractivity contribution < 1.29 is 46.9 Å². The van der Waals surface area contributed by atoms with E-state index in [2.05, 4.69) is 86.2 Å². The van der Waals surface area contributed by atoms with Crippen LogP contribution in [0.5, 0.6) is 0 Å². The lowest BCUT2D eigenvalue weighted by Gasteiger charge is -2.35. The van der Waals surface area contributed by atoms with Gasteiger partial charge >= 0.3 is 12.2 Å². The van der Waals surface area contributed by atoms with E-state index in [9.17, 15) is 23.6 Å². The maximum absolute atomic E-state index is 15.3. The fourth-order valence-electron chi connectivity index (χ4n) is 16.0. The number of ether oxygens (including phenoxy) is 4. The van der Waals surface area contributed by atoms with Crippen LogP contribution in [0.3, 0.4) is 0 Å². The van der Waals surface area contributed by atoms with E-state index in [1.807, 2.05) is 155 Å². The number of aromatic nitrogens is 6. The van der Waals surface area contributed by atoms with E-state index in [0.29, 0.717) is 92.6 Å². The number of hydrogen-bond acceptors (Lipinski definition) is 18. The minimum absolute atomic E-state index is 0.192. The highest BCUT2D eigenvalue weighted by molar-refractivity contribution is 6.17. The molecule has 0 bridgehead atoms. The first-order valence-corrected chi connectivity index (χ1v) is 44.0. The van der Waals surface area contributed by atoms with Gasteiger partial charge in [0.15, 0.2) is 11.3 Å². The van der Waals surface area contributed by atoms with Crippen LogP contribution in [0, 0.1) is 11.6 Å². The largest absolute Gasteiger partial charge is 0.444 e. The van der Waals surface area contributed by atoms with E-state index in [0.717, 1.165) is 194 Å². The number of rotatable bonds is 27. The fraction of sp³-hybridized carbons (Fsp3) is 0.458. The number of anilines is 2. The molecule has 656 valence electrons. The number of pyridine rings is 2. The van der Waals surface area contributed by atoms with Gasteiger partial charge in [0.2, 0.25) is 0 Å².